The van der Waals surface area contributed by atoms with Crippen LogP contribution in [0.25, 0.3) is 0 Å². The fourth-order valence-corrected chi connectivity index (χ4v) is 3.05. The van der Waals surface area contributed by atoms with Crippen molar-refractivity contribution in [3.8, 4) is 0 Å². The van der Waals surface area contributed by atoms with Crippen LogP contribution in [0.4, 0.5) is 0 Å². The number of carboxylic acids is 1. The maximum atomic E-state index is 12.1. The number of unbranched alkanes of at least 4 members (excludes halogenated alkanes) is 1. The molecule has 0 aromatic heterocycles. The summed E-state index contributed by atoms with van der Waals surface area (Å²) in [5, 5.41) is 8.63. The molecule has 1 aliphatic carbocycles. The molecule has 0 heterocycles. The van der Waals surface area contributed by atoms with Crippen LogP contribution in [0.15, 0.2) is 48.1 Å². The maximum Gasteiger partial charge on any atom is 0.303 e. The molecule has 3 atom stereocenters. The first-order valence-corrected chi connectivity index (χ1v) is 9.87. The van der Waals surface area contributed by atoms with Crippen molar-refractivity contribution in [2.75, 3.05) is 0 Å². The van der Waals surface area contributed by atoms with E-state index >= 15 is 0 Å². The van der Waals surface area contributed by atoms with Crippen LogP contribution in [-0.4, -0.2) is 28.9 Å². The van der Waals surface area contributed by atoms with Crippen molar-refractivity contribution in [3.05, 3.63) is 48.1 Å². The van der Waals surface area contributed by atoms with E-state index in [9.17, 15) is 14.4 Å². The number of ether oxygens (including phenoxy) is 1. The van der Waals surface area contributed by atoms with Gasteiger partial charge in [0.25, 0.3) is 0 Å². The Labute approximate surface area is 167 Å². The third-order valence-electron chi connectivity index (χ3n) is 4.50. The lowest BCUT2D eigenvalue weighted by molar-refractivity contribution is -0.144. The Balaban J connectivity index is 2.60. The number of carboxylic acid groups (broad SMARTS) is 1. The van der Waals surface area contributed by atoms with E-state index in [1.807, 2.05) is 44.2 Å². The Morgan fingerprint density at radius 1 is 1.21 bits per heavy atom. The number of ketones is 1. The summed E-state index contributed by atoms with van der Waals surface area (Å²) in [4.78, 5) is 34.0. The van der Waals surface area contributed by atoms with Crippen LogP contribution in [0.5, 0.6) is 0 Å². The Bertz CT molecular complexity index is 650. The van der Waals surface area contributed by atoms with E-state index in [0.29, 0.717) is 25.7 Å². The smallest absolute Gasteiger partial charge is 0.303 e. The van der Waals surface area contributed by atoms with Gasteiger partial charge in [-0.1, -0.05) is 36.0 Å². The quantitative estimate of drug-likeness (QED) is 0.295. The third kappa shape index (κ3) is 10.0. The summed E-state index contributed by atoms with van der Waals surface area (Å²) in [7, 11) is 0. The number of rotatable bonds is 12. The lowest BCUT2D eigenvalue weighted by atomic mass is 9.90. The molecule has 1 aliphatic rings. The van der Waals surface area contributed by atoms with Crippen LogP contribution in [0.3, 0.4) is 0 Å². The van der Waals surface area contributed by atoms with Crippen LogP contribution in [0.1, 0.15) is 59.3 Å². The Hall–Kier alpha value is -2.43. The number of hydrogen-bond acceptors (Lipinski definition) is 4. The highest BCUT2D eigenvalue weighted by Crippen LogP contribution is 2.27. The highest BCUT2D eigenvalue weighted by molar-refractivity contribution is 5.95. The second kappa shape index (κ2) is 12.9. The second-order valence-electron chi connectivity index (χ2n) is 7.33. The first-order valence-electron chi connectivity index (χ1n) is 9.87. The molecule has 0 radical (unpaired) electrons. The molecule has 0 spiro atoms. The molecule has 5 heteroatoms. The zero-order valence-corrected chi connectivity index (χ0v) is 17.1. The van der Waals surface area contributed by atoms with Crippen LogP contribution in [0.2, 0.25) is 0 Å². The van der Waals surface area contributed by atoms with Crippen LogP contribution in [0, 0.1) is 11.8 Å². The van der Waals surface area contributed by atoms with Crippen LogP contribution < -0.4 is 0 Å². The van der Waals surface area contributed by atoms with Gasteiger partial charge in [-0.15, -0.1) is 0 Å². The lowest BCUT2D eigenvalue weighted by Crippen LogP contribution is -2.16. The molecule has 0 bridgehead atoms. The van der Waals surface area contributed by atoms with Gasteiger partial charge in [0.2, 0.25) is 0 Å². The monoisotopic (exact) mass is 388 g/mol. The summed E-state index contributed by atoms with van der Waals surface area (Å²) in [6.45, 7) is 5.47. The van der Waals surface area contributed by atoms with Crippen molar-refractivity contribution in [1.82, 2.24) is 0 Å². The Morgan fingerprint density at radius 2 is 1.96 bits per heavy atom. The molecule has 0 saturated heterocycles. The molecule has 0 aliphatic heterocycles. The first-order chi connectivity index (χ1) is 13.3. The van der Waals surface area contributed by atoms with Gasteiger partial charge in [-0.25, -0.2) is 0 Å². The average Bonchev–Trinajstić information content (AvgIpc) is 2.94. The molecular weight excluding hydrogens is 356 g/mol. The molecule has 1 rings (SSSR count). The van der Waals surface area contributed by atoms with E-state index in [2.05, 4.69) is 6.08 Å². The highest BCUT2D eigenvalue weighted by Gasteiger charge is 2.27. The molecule has 1 N–H and O–H groups in total. The molecule has 0 saturated carbocycles. The van der Waals surface area contributed by atoms with Crippen molar-refractivity contribution in [2.45, 2.75) is 65.4 Å². The van der Waals surface area contributed by atoms with Crippen molar-refractivity contribution < 1.29 is 24.2 Å². The van der Waals surface area contributed by atoms with E-state index in [1.165, 1.54) is 12.5 Å². The molecule has 0 aromatic rings. The van der Waals surface area contributed by atoms with Gasteiger partial charge in [0.1, 0.15) is 6.10 Å². The number of carbonyl (C=O) groups excluding carboxylic acids is 2. The van der Waals surface area contributed by atoms with Gasteiger partial charge in [0.05, 0.1) is 0 Å². The molecule has 0 amide bonds. The highest BCUT2D eigenvalue weighted by atomic mass is 16.5. The van der Waals surface area contributed by atoms with Gasteiger partial charge in [-0.05, 0) is 58.1 Å². The van der Waals surface area contributed by atoms with Gasteiger partial charge in [0.15, 0.2) is 5.78 Å². The fraction of sp³-hybridized carbons (Fsp3) is 0.522. The zero-order valence-electron chi connectivity index (χ0n) is 17.1. The van der Waals surface area contributed by atoms with Gasteiger partial charge >= 0.3 is 11.9 Å². The van der Waals surface area contributed by atoms with E-state index in [1.54, 1.807) is 6.08 Å². The van der Waals surface area contributed by atoms with E-state index in [-0.39, 0.29) is 36.1 Å². The van der Waals surface area contributed by atoms with Crippen molar-refractivity contribution >= 4 is 17.7 Å². The topological polar surface area (TPSA) is 80.7 Å². The average molecular weight is 389 g/mol. The standard InChI is InChI=1S/C23H32O5/c1-17(2)9-8-10-20(28-18(3)24)15-13-19-14-16-22(25)21(19)11-6-4-5-7-12-23(26)27/h4,6,9,13-16,19-21H,5,7-8,10-12H2,1-3H3,(H,26,27)/t19-,20+,21-/m1/s1. The van der Waals surface area contributed by atoms with E-state index < -0.39 is 5.97 Å². The number of esters is 1. The molecule has 0 fully saturated rings. The molecule has 0 aromatic carbocycles. The van der Waals surface area contributed by atoms with E-state index in [0.717, 1.165) is 6.42 Å². The normalized spacial score (nSPS) is 20.0. The molecular formula is C23H32O5. The first kappa shape index (κ1) is 23.6. The molecule has 154 valence electrons. The van der Waals surface area contributed by atoms with Crippen LogP contribution in [-0.2, 0) is 19.1 Å². The molecule has 0 unspecified atom stereocenters. The summed E-state index contributed by atoms with van der Waals surface area (Å²) >= 11 is 0. The van der Waals surface area contributed by atoms with Crippen molar-refractivity contribution in [1.29, 1.82) is 0 Å². The van der Waals surface area contributed by atoms with Crippen molar-refractivity contribution in [3.63, 3.8) is 0 Å². The van der Waals surface area contributed by atoms with Crippen LogP contribution >= 0.6 is 0 Å². The van der Waals surface area contributed by atoms with Gasteiger partial charge in [-0.2, -0.15) is 0 Å². The predicted octanol–water partition coefficient (Wildman–Crippen LogP) is 4.79. The van der Waals surface area contributed by atoms with Crippen molar-refractivity contribution in [2.24, 2.45) is 11.8 Å². The largest absolute Gasteiger partial charge is 0.481 e. The number of hydrogen-bond donors (Lipinski definition) is 1. The number of allylic oxidation sites excluding steroid dienone is 7. The van der Waals surface area contributed by atoms with Gasteiger partial charge in [-0.3, -0.25) is 14.4 Å². The van der Waals surface area contributed by atoms with Gasteiger partial charge < -0.3 is 9.84 Å². The Kier molecular flexibility index (Phi) is 10.8. The molecule has 28 heavy (non-hydrogen) atoms. The summed E-state index contributed by atoms with van der Waals surface area (Å²) in [6.07, 6.45) is 16.7. The second-order valence-corrected chi connectivity index (χ2v) is 7.33. The number of carbonyl (C=O) groups is 3. The Morgan fingerprint density at radius 3 is 2.61 bits per heavy atom. The zero-order chi connectivity index (χ0) is 20.9. The molecule has 5 nitrogen and oxygen atoms in total. The maximum absolute atomic E-state index is 12.1. The SMILES string of the molecule is CC(=O)O[C@H](C=C[C@@H]1C=CC(=O)[C@@H]1CC=CCCCC(=O)O)CCC=C(C)C. The summed E-state index contributed by atoms with van der Waals surface area (Å²) in [6, 6.07) is 0. The lowest BCUT2D eigenvalue weighted by Gasteiger charge is -2.16. The predicted molar refractivity (Wildman–Crippen MR) is 110 cm³/mol. The summed E-state index contributed by atoms with van der Waals surface area (Å²) < 4.78 is 5.37. The third-order valence-corrected chi connectivity index (χ3v) is 4.50. The minimum atomic E-state index is -0.791. The number of aliphatic carboxylic acids is 1. The van der Waals surface area contributed by atoms with E-state index in [4.69, 9.17) is 9.84 Å². The fourth-order valence-electron chi connectivity index (χ4n) is 3.05. The minimum Gasteiger partial charge on any atom is -0.481 e. The minimum absolute atomic E-state index is 0.0160. The van der Waals surface area contributed by atoms with Gasteiger partial charge in [0, 0.05) is 25.2 Å². The summed E-state index contributed by atoms with van der Waals surface area (Å²) in [5.41, 5.74) is 1.23. The summed E-state index contributed by atoms with van der Waals surface area (Å²) in [5.74, 6) is -1.18.